The average Bonchev–Trinajstić information content (AvgIpc) is 2.31. The van der Waals surface area contributed by atoms with Crippen LogP contribution in [0.4, 0.5) is 14.5 Å². The third-order valence-electron chi connectivity index (χ3n) is 2.22. The summed E-state index contributed by atoms with van der Waals surface area (Å²) in [6.45, 7) is 1.77. The number of nitrogens with zero attached hydrogens (tertiary/aromatic N) is 2. The largest absolute Gasteiger partial charge is 0.466 e. The fourth-order valence-electron chi connectivity index (χ4n) is 1.39. The van der Waals surface area contributed by atoms with E-state index in [9.17, 15) is 13.6 Å². The number of halogens is 2. The maximum Gasteiger partial charge on any atom is 0.310 e. The molecule has 2 N–H and O–H groups in total. The standard InChI is InChI=1S/C11H11F2N3O2/c1-2-18-9(17)3-6-8(4-14)16-5-7(10(6)15)11(12)13/h5,11H,2-3H2,1H3,(H2,15,16). The first kappa shape index (κ1) is 13.8. The van der Waals surface area contributed by atoms with Crippen molar-refractivity contribution in [1.29, 1.82) is 5.26 Å². The number of pyridine rings is 1. The van der Waals surface area contributed by atoms with E-state index < -0.39 is 18.0 Å². The highest BCUT2D eigenvalue weighted by molar-refractivity contribution is 5.76. The molecule has 0 spiro atoms. The van der Waals surface area contributed by atoms with Gasteiger partial charge in [0.1, 0.15) is 11.8 Å². The number of anilines is 1. The summed E-state index contributed by atoms with van der Waals surface area (Å²) < 4.78 is 29.9. The molecule has 1 aromatic rings. The van der Waals surface area contributed by atoms with Crippen molar-refractivity contribution in [3.63, 3.8) is 0 Å². The van der Waals surface area contributed by atoms with Gasteiger partial charge in [0.2, 0.25) is 0 Å². The van der Waals surface area contributed by atoms with Crippen LogP contribution in [-0.2, 0) is 16.0 Å². The number of rotatable bonds is 4. The first-order valence-corrected chi connectivity index (χ1v) is 5.12. The zero-order valence-electron chi connectivity index (χ0n) is 9.61. The quantitative estimate of drug-likeness (QED) is 0.825. The summed E-state index contributed by atoms with van der Waals surface area (Å²) in [5.41, 5.74) is 4.58. The van der Waals surface area contributed by atoms with Gasteiger partial charge in [-0.25, -0.2) is 13.8 Å². The van der Waals surface area contributed by atoms with Crippen LogP contribution >= 0.6 is 0 Å². The number of hydrogen-bond donors (Lipinski definition) is 1. The molecule has 96 valence electrons. The molecule has 0 aliphatic carbocycles. The monoisotopic (exact) mass is 255 g/mol. The van der Waals surface area contributed by atoms with Crippen molar-refractivity contribution in [3.8, 4) is 6.07 Å². The summed E-state index contributed by atoms with van der Waals surface area (Å²) in [5, 5.41) is 8.81. The predicted octanol–water partition coefficient (Wildman–Crippen LogP) is 1.58. The Kier molecular flexibility index (Phi) is 4.54. The molecule has 1 aromatic heterocycles. The van der Waals surface area contributed by atoms with Crippen LogP contribution in [0.15, 0.2) is 6.20 Å². The number of ether oxygens (including phenoxy) is 1. The molecule has 5 nitrogen and oxygen atoms in total. The molecule has 0 unspecified atom stereocenters. The van der Waals surface area contributed by atoms with Crippen LogP contribution in [0.1, 0.15) is 30.2 Å². The summed E-state index contributed by atoms with van der Waals surface area (Å²) >= 11 is 0. The first-order chi connectivity index (χ1) is 8.51. The van der Waals surface area contributed by atoms with Gasteiger partial charge in [0.15, 0.2) is 0 Å². The summed E-state index contributed by atoms with van der Waals surface area (Å²) in [4.78, 5) is 14.9. The highest BCUT2D eigenvalue weighted by atomic mass is 19.3. The second-order valence-corrected chi connectivity index (χ2v) is 3.35. The number of hydrogen-bond acceptors (Lipinski definition) is 5. The minimum absolute atomic E-state index is 0.0197. The van der Waals surface area contributed by atoms with E-state index in [0.717, 1.165) is 6.20 Å². The molecular formula is C11H11F2N3O2. The van der Waals surface area contributed by atoms with Gasteiger partial charge < -0.3 is 10.5 Å². The Labute approximate surface area is 102 Å². The van der Waals surface area contributed by atoms with Gasteiger partial charge in [0.25, 0.3) is 6.43 Å². The minimum Gasteiger partial charge on any atom is -0.466 e. The van der Waals surface area contributed by atoms with Crippen LogP contribution < -0.4 is 5.73 Å². The van der Waals surface area contributed by atoms with E-state index in [-0.39, 0.29) is 30.0 Å². The van der Waals surface area contributed by atoms with Crippen molar-refractivity contribution in [2.75, 3.05) is 12.3 Å². The van der Waals surface area contributed by atoms with Gasteiger partial charge in [-0.3, -0.25) is 4.79 Å². The lowest BCUT2D eigenvalue weighted by Crippen LogP contribution is -2.13. The Bertz CT molecular complexity index is 498. The van der Waals surface area contributed by atoms with Crippen LogP contribution in [-0.4, -0.2) is 17.6 Å². The third kappa shape index (κ3) is 2.91. The maximum absolute atomic E-state index is 12.6. The predicted molar refractivity (Wildman–Crippen MR) is 58.7 cm³/mol. The summed E-state index contributed by atoms with van der Waals surface area (Å²) in [6, 6.07) is 1.71. The normalized spacial score (nSPS) is 10.2. The molecule has 0 atom stereocenters. The lowest BCUT2D eigenvalue weighted by Gasteiger charge is -2.11. The van der Waals surface area contributed by atoms with Gasteiger partial charge in [-0.2, -0.15) is 5.26 Å². The molecule has 0 aliphatic rings. The fourth-order valence-corrected chi connectivity index (χ4v) is 1.39. The van der Waals surface area contributed by atoms with Crippen molar-refractivity contribution in [3.05, 3.63) is 23.0 Å². The molecule has 0 aromatic carbocycles. The van der Waals surface area contributed by atoms with E-state index in [1.165, 1.54) is 0 Å². The van der Waals surface area contributed by atoms with E-state index in [2.05, 4.69) is 9.72 Å². The lowest BCUT2D eigenvalue weighted by molar-refractivity contribution is -0.142. The highest BCUT2D eigenvalue weighted by Crippen LogP contribution is 2.28. The Morgan fingerprint density at radius 3 is 2.83 bits per heavy atom. The van der Waals surface area contributed by atoms with E-state index >= 15 is 0 Å². The molecule has 18 heavy (non-hydrogen) atoms. The topological polar surface area (TPSA) is 89.0 Å². The second-order valence-electron chi connectivity index (χ2n) is 3.35. The third-order valence-corrected chi connectivity index (χ3v) is 2.22. The van der Waals surface area contributed by atoms with E-state index in [4.69, 9.17) is 11.0 Å². The van der Waals surface area contributed by atoms with Crippen molar-refractivity contribution >= 4 is 11.7 Å². The molecule has 0 radical (unpaired) electrons. The SMILES string of the molecule is CCOC(=O)Cc1c(C#N)ncc(C(F)F)c1N. The van der Waals surface area contributed by atoms with Crippen LogP contribution in [0, 0.1) is 11.3 Å². The Hall–Kier alpha value is -2.23. The number of nitriles is 1. The van der Waals surface area contributed by atoms with Crippen LogP contribution in [0.2, 0.25) is 0 Å². The van der Waals surface area contributed by atoms with Crippen molar-refractivity contribution in [2.24, 2.45) is 0 Å². The molecule has 0 aliphatic heterocycles. The second kappa shape index (κ2) is 5.91. The first-order valence-electron chi connectivity index (χ1n) is 5.12. The molecule has 7 heteroatoms. The highest BCUT2D eigenvalue weighted by Gasteiger charge is 2.20. The Balaban J connectivity index is 3.18. The van der Waals surface area contributed by atoms with Gasteiger partial charge in [-0.15, -0.1) is 0 Å². The average molecular weight is 255 g/mol. The molecule has 0 saturated heterocycles. The van der Waals surface area contributed by atoms with Gasteiger partial charge >= 0.3 is 5.97 Å². The smallest absolute Gasteiger partial charge is 0.310 e. The zero-order valence-corrected chi connectivity index (χ0v) is 9.61. The molecule has 1 rings (SSSR count). The molecule has 0 amide bonds. The van der Waals surface area contributed by atoms with E-state index in [1.54, 1.807) is 13.0 Å². The molecular weight excluding hydrogens is 244 g/mol. The van der Waals surface area contributed by atoms with Crippen LogP contribution in [0.3, 0.4) is 0 Å². The van der Waals surface area contributed by atoms with Crippen LogP contribution in [0.25, 0.3) is 0 Å². The lowest BCUT2D eigenvalue weighted by atomic mass is 10.0. The maximum atomic E-state index is 12.6. The number of nitrogen functional groups attached to an aromatic ring is 1. The summed E-state index contributed by atoms with van der Waals surface area (Å²) in [5.74, 6) is -0.645. The van der Waals surface area contributed by atoms with E-state index in [1.807, 2.05) is 0 Å². The van der Waals surface area contributed by atoms with Gasteiger partial charge in [-0.1, -0.05) is 0 Å². The van der Waals surface area contributed by atoms with Crippen molar-refractivity contribution in [1.82, 2.24) is 4.98 Å². The van der Waals surface area contributed by atoms with Crippen LogP contribution in [0.5, 0.6) is 0 Å². The summed E-state index contributed by atoms with van der Waals surface area (Å²) in [6.07, 6.45) is -2.32. The Morgan fingerprint density at radius 1 is 1.67 bits per heavy atom. The van der Waals surface area contributed by atoms with Gasteiger partial charge in [0.05, 0.1) is 18.6 Å². The van der Waals surface area contributed by atoms with Gasteiger partial charge in [0, 0.05) is 17.4 Å². The van der Waals surface area contributed by atoms with Gasteiger partial charge in [-0.05, 0) is 6.92 Å². The number of aromatic nitrogens is 1. The molecule has 0 bridgehead atoms. The minimum atomic E-state index is -2.81. The Morgan fingerprint density at radius 2 is 2.33 bits per heavy atom. The molecule has 0 saturated carbocycles. The summed E-state index contributed by atoms with van der Waals surface area (Å²) in [7, 11) is 0. The number of esters is 1. The number of carbonyl (C=O) groups excluding carboxylic acids is 1. The van der Waals surface area contributed by atoms with Crippen molar-refractivity contribution in [2.45, 2.75) is 19.8 Å². The fraction of sp³-hybridized carbons (Fsp3) is 0.364. The van der Waals surface area contributed by atoms with E-state index in [0.29, 0.717) is 0 Å². The molecule has 1 heterocycles. The number of carbonyl (C=O) groups is 1. The zero-order chi connectivity index (χ0) is 13.7. The number of alkyl halides is 2. The van der Waals surface area contributed by atoms with Crippen molar-refractivity contribution < 1.29 is 18.3 Å². The molecule has 0 fully saturated rings. The number of nitrogens with two attached hydrogens (primary N) is 1.